The van der Waals surface area contributed by atoms with E-state index in [1.165, 1.54) is 29.5 Å². The fourth-order valence-electron chi connectivity index (χ4n) is 2.37. The van der Waals surface area contributed by atoms with E-state index >= 15 is 0 Å². The number of rotatable bonds is 0. The summed E-state index contributed by atoms with van der Waals surface area (Å²) in [5, 5.41) is 9.75. The Kier molecular flexibility index (Phi) is 2.03. The molecule has 0 aliphatic heterocycles. The molecule has 0 heterocycles. The number of aryl methyl sites for hydroxylation is 1. The topological polar surface area (TPSA) is 20.2 Å². The van der Waals surface area contributed by atoms with Crippen LogP contribution in [0.2, 0.25) is 0 Å². The van der Waals surface area contributed by atoms with Gasteiger partial charge in [-0.1, -0.05) is 13.0 Å². The molecule has 1 atom stereocenters. The summed E-state index contributed by atoms with van der Waals surface area (Å²) >= 11 is 0. The van der Waals surface area contributed by atoms with E-state index in [-0.39, 0.29) is 0 Å². The lowest BCUT2D eigenvalue weighted by Gasteiger charge is -2.24. The number of hydrogen-bond acceptors (Lipinski definition) is 1. The third kappa shape index (κ3) is 1.32. The highest BCUT2D eigenvalue weighted by atomic mass is 16.3. The van der Waals surface area contributed by atoms with Gasteiger partial charge in [-0.2, -0.15) is 0 Å². The first-order valence-electron chi connectivity index (χ1n) is 5.01. The molecule has 0 fully saturated rings. The molecule has 0 spiro atoms. The lowest BCUT2D eigenvalue weighted by atomic mass is 9.81. The van der Waals surface area contributed by atoms with Gasteiger partial charge in [0.2, 0.25) is 0 Å². The molecule has 0 saturated heterocycles. The van der Waals surface area contributed by atoms with Crippen molar-refractivity contribution in [3.8, 4) is 5.75 Å². The molecule has 0 aromatic heterocycles. The van der Waals surface area contributed by atoms with Crippen LogP contribution in [0.4, 0.5) is 0 Å². The van der Waals surface area contributed by atoms with Crippen molar-refractivity contribution >= 4 is 0 Å². The summed E-state index contributed by atoms with van der Waals surface area (Å²) in [6.07, 6.45) is 3.61. The average molecular weight is 176 g/mol. The van der Waals surface area contributed by atoms with E-state index in [2.05, 4.69) is 13.8 Å². The first-order valence-corrected chi connectivity index (χ1v) is 5.01. The number of phenolic OH excluding ortho intramolecular Hbond substituents is 1. The summed E-state index contributed by atoms with van der Waals surface area (Å²) in [5.74, 6) is 1.02. The maximum absolute atomic E-state index is 9.75. The van der Waals surface area contributed by atoms with Crippen molar-refractivity contribution in [2.45, 2.75) is 39.0 Å². The Hall–Kier alpha value is -0.980. The first kappa shape index (κ1) is 8.61. The van der Waals surface area contributed by atoms with Crippen molar-refractivity contribution in [2.24, 2.45) is 0 Å². The zero-order chi connectivity index (χ0) is 9.42. The molecule has 1 aliphatic carbocycles. The van der Waals surface area contributed by atoms with Gasteiger partial charge in [0, 0.05) is 5.56 Å². The smallest absolute Gasteiger partial charge is 0.119 e. The van der Waals surface area contributed by atoms with Crippen LogP contribution >= 0.6 is 0 Å². The van der Waals surface area contributed by atoms with Gasteiger partial charge in [0.25, 0.3) is 0 Å². The Balaban J connectivity index is 2.60. The molecule has 1 N–H and O–H groups in total. The highest BCUT2D eigenvalue weighted by molar-refractivity contribution is 5.47. The third-order valence-corrected chi connectivity index (χ3v) is 3.12. The molecule has 1 unspecified atom stereocenters. The summed E-state index contributed by atoms with van der Waals surface area (Å²) in [7, 11) is 0. The molecule has 70 valence electrons. The highest BCUT2D eigenvalue weighted by Gasteiger charge is 2.20. The predicted octanol–water partition coefficient (Wildman–Crippen LogP) is 3.14. The Morgan fingerprint density at radius 3 is 2.85 bits per heavy atom. The number of fused-ring (bicyclic) bond motifs is 1. The molecule has 0 amide bonds. The van der Waals surface area contributed by atoms with Gasteiger partial charge < -0.3 is 5.11 Å². The summed E-state index contributed by atoms with van der Waals surface area (Å²) in [4.78, 5) is 0. The van der Waals surface area contributed by atoms with E-state index in [1.807, 2.05) is 12.1 Å². The quantitative estimate of drug-likeness (QED) is 0.644. The second kappa shape index (κ2) is 3.06. The fourth-order valence-corrected chi connectivity index (χ4v) is 2.37. The standard InChI is InChI=1S/C12H16O/c1-8-6-7-11(13)12-9(2)4-3-5-10(8)12/h6-7,9,13H,3-5H2,1-2H3. The zero-order valence-electron chi connectivity index (χ0n) is 8.30. The van der Waals surface area contributed by atoms with Gasteiger partial charge in [0.15, 0.2) is 0 Å². The van der Waals surface area contributed by atoms with Gasteiger partial charge in [0.1, 0.15) is 5.75 Å². The second-order valence-corrected chi connectivity index (χ2v) is 4.09. The minimum Gasteiger partial charge on any atom is -0.508 e. The van der Waals surface area contributed by atoms with Crippen LogP contribution in [0, 0.1) is 6.92 Å². The zero-order valence-corrected chi connectivity index (χ0v) is 8.30. The van der Waals surface area contributed by atoms with Crippen molar-refractivity contribution in [1.82, 2.24) is 0 Å². The van der Waals surface area contributed by atoms with Crippen molar-refractivity contribution < 1.29 is 5.11 Å². The van der Waals surface area contributed by atoms with Crippen LogP contribution in [-0.2, 0) is 6.42 Å². The third-order valence-electron chi connectivity index (χ3n) is 3.12. The molecule has 0 saturated carbocycles. The molecular weight excluding hydrogens is 160 g/mol. The minimum atomic E-state index is 0.493. The second-order valence-electron chi connectivity index (χ2n) is 4.09. The van der Waals surface area contributed by atoms with E-state index < -0.39 is 0 Å². The molecule has 2 rings (SSSR count). The van der Waals surface area contributed by atoms with Crippen LogP contribution < -0.4 is 0 Å². The molecule has 0 bridgehead atoms. The van der Waals surface area contributed by atoms with Crippen molar-refractivity contribution in [2.75, 3.05) is 0 Å². The molecule has 1 heteroatoms. The lowest BCUT2D eigenvalue weighted by molar-refractivity contribution is 0.450. The van der Waals surface area contributed by atoms with Crippen LogP contribution in [0.3, 0.4) is 0 Å². The highest BCUT2D eigenvalue weighted by Crippen LogP contribution is 2.38. The van der Waals surface area contributed by atoms with E-state index in [1.54, 1.807) is 0 Å². The van der Waals surface area contributed by atoms with Crippen molar-refractivity contribution in [1.29, 1.82) is 0 Å². The predicted molar refractivity (Wildman–Crippen MR) is 54.2 cm³/mol. The normalized spacial score (nSPS) is 21.2. The Labute approximate surface area is 79.4 Å². The van der Waals surface area contributed by atoms with Crippen LogP contribution in [0.1, 0.15) is 42.4 Å². The van der Waals surface area contributed by atoms with Gasteiger partial charge >= 0.3 is 0 Å². The van der Waals surface area contributed by atoms with Crippen LogP contribution in [-0.4, -0.2) is 5.11 Å². The summed E-state index contributed by atoms with van der Waals surface area (Å²) in [6, 6.07) is 3.85. The number of benzene rings is 1. The monoisotopic (exact) mass is 176 g/mol. The SMILES string of the molecule is Cc1ccc(O)c2c1CCCC2C. The largest absolute Gasteiger partial charge is 0.508 e. The van der Waals surface area contributed by atoms with E-state index in [9.17, 15) is 5.11 Å². The Bertz CT molecular complexity index is 328. The maximum Gasteiger partial charge on any atom is 0.119 e. The molecule has 1 aromatic rings. The van der Waals surface area contributed by atoms with Crippen LogP contribution in [0.5, 0.6) is 5.75 Å². The maximum atomic E-state index is 9.75. The lowest BCUT2D eigenvalue weighted by Crippen LogP contribution is -2.08. The minimum absolute atomic E-state index is 0.493. The molecule has 0 radical (unpaired) electrons. The summed E-state index contributed by atoms with van der Waals surface area (Å²) < 4.78 is 0. The van der Waals surface area contributed by atoms with E-state index in [0.29, 0.717) is 11.7 Å². The number of phenols is 1. The molecule has 1 aromatic carbocycles. The van der Waals surface area contributed by atoms with Gasteiger partial charge in [-0.25, -0.2) is 0 Å². The fraction of sp³-hybridized carbons (Fsp3) is 0.500. The average Bonchev–Trinajstić information content (AvgIpc) is 2.12. The van der Waals surface area contributed by atoms with Gasteiger partial charge in [0.05, 0.1) is 0 Å². The van der Waals surface area contributed by atoms with Gasteiger partial charge in [-0.15, -0.1) is 0 Å². The molecule has 13 heavy (non-hydrogen) atoms. The van der Waals surface area contributed by atoms with E-state index in [0.717, 1.165) is 6.42 Å². The van der Waals surface area contributed by atoms with Crippen LogP contribution in [0.25, 0.3) is 0 Å². The first-order chi connectivity index (χ1) is 6.20. The Morgan fingerprint density at radius 1 is 1.38 bits per heavy atom. The van der Waals surface area contributed by atoms with Crippen LogP contribution in [0.15, 0.2) is 12.1 Å². The molecule has 1 nitrogen and oxygen atoms in total. The van der Waals surface area contributed by atoms with Gasteiger partial charge in [-0.3, -0.25) is 0 Å². The summed E-state index contributed by atoms with van der Waals surface area (Å²) in [5.41, 5.74) is 3.92. The number of aromatic hydroxyl groups is 1. The Morgan fingerprint density at radius 2 is 2.15 bits per heavy atom. The molecule has 1 aliphatic rings. The van der Waals surface area contributed by atoms with Gasteiger partial charge in [-0.05, 0) is 49.3 Å². The van der Waals surface area contributed by atoms with Crippen molar-refractivity contribution in [3.63, 3.8) is 0 Å². The molecular formula is C12H16O. The van der Waals surface area contributed by atoms with Crippen molar-refractivity contribution in [3.05, 3.63) is 28.8 Å². The van der Waals surface area contributed by atoms with E-state index in [4.69, 9.17) is 0 Å². The summed E-state index contributed by atoms with van der Waals surface area (Å²) in [6.45, 7) is 4.34. The number of hydrogen-bond donors (Lipinski definition) is 1.